The van der Waals surface area contributed by atoms with Gasteiger partial charge in [-0.15, -0.1) is 0 Å². The molecule has 0 aromatic heterocycles. The van der Waals surface area contributed by atoms with Crippen LogP contribution in [0.25, 0.3) is 0 Å². The Kier molecular flexibility index (Phi) is 1.72. The quantitative estimate of drug-likeness (QED) is 0.560. The van der Waals surface area contributed by atoms with Gasteiger partial charge in [-0.25, -0.2) is 4.79 Å². The SMILES string of the molecule is N[C@@H]1CC[C@@H]2CC[C@H]1N2C(=O)O. The predicted molar refractivity (Wildman–Crippen MR) is 43.9 cm³/mol. The van der Waals surface area contributed by atoms with Crippen LogP contribution in [-0.4, -0.2) is 34.2 Å². The number of piperidine rings is 1. The standard InChI is InChI=1S/C8H14N2O2/c9-6-3-1-5-2-4-7(6)10(5)8(11)12/h5-7H,1-4,9H2,(H,11,12)/t5-,6-,7-/m1/s1. The van der Waals surface area contributed by atoms with Crippen molar-refractivity contribution in [1.29, 1.82) is 0 Å². The third-order valence-corrected chi connectivity index (χ3v) is 3.09. The molecule has 2 rings (SSSR count). The minimum absolute atomic E-state index is 0.0693. The number of carbonyl (C=O) groups is 1. The zero-order chi connectivity index (χ0) is 8.72. The molecule has 0 aliphatic carbocycles. The van der Waals surface area contributed by atoms with Gasteiger partial charge in [0.1, 0.15) is 0 Å². The van der Waals surface area contributed by atoms with E-state index in [1.165, 1.54) is 0 Å². The van der Waals surface area contributed by atoms with E-state index in [1.807, 2.05) is 0 Å². The molecular weight excluding hydrogens is 156 g/mol. The summed E-state index contributed by atoms with van der Waals surface area (Å²) < 4.78 is 0. The van der Waals surface area contributed by atoms with E-state index in [-0.39, 0.29) is 18.1 Å². The lowest BCUT2D eigenvalue weighted by molar-refractivity contribution is 0.0946. The highest BCUT2D eigenvalue weighted by Gasteiger charge is 2.43. The van der Waals surface area contributed by atoms with Gasteiger partial charge in [-0.1, -0.05) is 0 Å². The maximum Gasteiger partial charge on any atom is 0.407 e. The number of hydrogen-bond donors (Lipinski definition) is 2. The van der Waals surface area contributed by atoms with Crippen molar-refractivity contribution in [1.82, 2.24) is 4.90 Å². The smallest absolute Gasteiger partial charge is 0.407 e. The number of carboxylic acid groups (broad SMARTS) is 1. The fourth-order valence-electron chi connectivity index (χ4n) is 2.49. The Morgan fingerprint density at radius 2 is 2.00 bits per heavy atom. The second-order valence-electron chi connectivity index (χ2n) is 3.73. The van der Waals surface area contributed by atoms with Crippen LogP contribution in [0.1, 0.15) is 25.7 Å². The fraction of sp³-hybridized carbons (Fsp3) is 0.875. The zero-order valence-corrected chi connectivity index (χ0v) is 6.94. The van der Waals surface area contributed by atoms with Gasteiger partial charge < -0.3 is 15.7 Å². The van der Waals surface area contributed by atoms with E-state index in [0.29, 0.717) is 0 Å². The summed E-state index contributed by atoms with van der Waals surface area (Å²) in [7, 11) is 0. The molecule has 3 N–H and O–H groups in total. The van der Waals surface area contributed by atoms with Crippen molar-refractivity contribution < 1.29 is 9.90 Å². The monoisotopic (exact) mass is 170 g/mol. The highest BCUT2D eigenvalue weighted by atomic mass is 16.4. The van der Waals surface area contributed by atoms with E-state index in [9.17, 15) is 4.79 Å². The Hall–Kier alpha value is -0.770. The lowest BCUT2D eigenvalue weighted by atomic mass is 9.99. The van der Waals surface area contributed by atoms with E-state index in [1.54, 1.807) is 4.90 Å². The van der Waals surface area contributed by atoms with Crippen LogP contribution in [0.15, 0.2) is 0 Å². The van der Waals surface area contributed by atoms with E-state index >= 15 is 0 Å². The molecule has 0 aromatic rings. The molecular formula is C8H14N2O2. The average molecular weight is 170 g/mol. The number of fused-ring (bicyclic) bond motifs is 2. The summed E-state index contributed by atoms with van der Waals surface area (Å²) >= 11 is 0. The second-order valence-corrected chi connectivity index (χ2v) is 3.73. The highest BCUT2D eigenvalue weighted by Crippen LogP contribution is 2.34. The Labute approximate surface area is 71.3 Å². The second kappa shape index (κ2) is 2.62. The van der Waals surface area contributed by atoms with Crippen LogP contribution in [0, 0.1) is 0 Å². The normalized spacial score (nSPS) is 40.1. The van der Waals surface area contributed by atoms with Gasteiger partial charge in [0.05, 0.1) is 6.04 Å². The van der Waals surface area contributed by atoms with Crippen LogP contribution in [-0.2, 0) is 0 Å². The summed E-state index contributed by atoms with van der Waals surface area (Å²) in [5, 5.41) is 8.91. The summed E-state index contributed by atoms with van der Waals surface area (Å²) in [6.07, 6.45) is 3.10. The predicted octanol–water partition coefficient (Wildman–Crippen LogP) is 0.618. The van der Waals surface area contributed by atoms with Gasteiger partial charge in [-0.3, -0.25) is 0 Å². The number of hydrogen-bond acceptors (Lipinski definition) is 2. The molecule has 0 spiro atoms. The van der Waals surface area contributed by atoms with Crippen LogP contribution in [0.4, 0.5) is 4.79 Å². The summed E-state index contributed by atoms with van der Waals surface area (Å²) in [5.74, 6) is 0. The lowest BCUT2D eigenvalue weighted by Gasteiger charge is -2.36. The molecule has 12 heavy (non-hydrogen) atoms. The molecule has 2 aliphatic rings. The summed E-state index contributed by atoms with van der Waals surface area (Å²) in [6, 6.07) is 0.424. The van der Waals surface area contributed by atoms with Crippen LogP contribution < -0.4 is 5.73 Å². The first-order valence-electron chi connectivity index (χ1n) is 4.47. The van der Waals surface area contributed by atoms with Crippen molar-refractivity contribution in [3.8, 4) is 0 Å². The molecule has 2 heterocycles. The van der Waals surface area contributed by atoms with E-state index in [2.05, 4.69) is 0 Å². The zero-order valence-electron chi connectivity index (χ0n) is 6.94. The van der Waals surface area contributed by atoms with Gasteiger partial charge in [-0.2, -0.15) is 0 Å². The number of nitrogens with two attached hydrogens (primary N) is 1. The molecule has 3 atom stereocenters. The molecule has 4 nitrogen and oxygen atoms in total. The molecule has 2 fully saturated rings. The molecule has 0 saturated carbocycles. The van der Waals surface area contributed by atoms with Crippen molar-refractivity contribution in [3.63, 3.8) is 0 Å². The van der Waals surface area contributed by atoms with Crippen molar-refractivity contribution in [2.24, 2.45) is 5.73 Å². The number of nitrogens with zero attached hydrogens (tertiary/aromatic N) is 1. The molecule has 2 bridgehead atoms. The molecule has 0 aromatic carbocycles. The molecule has 0 radical (unpaired) electrons. The molecule has 1 amide bonds. The minimum Gasteiger partial charge on any atom is -0.465 e. The Balaban J connectivity index is 2.18. The fourth-order valence-corrected chi connectivity index (χ4v) is 2.49. The molecule has 2 aliphatic heterocycles. The maximum atomic E-state index is 10.8. The largest absolute Gasteiger partial charge is 0.465 e. The summed E-state index contributed by atoms with van der Waals surface area (Å²) in [5.41, 5.74) is 5.84. The topological polar surface area (TPSA) is 66.6 Å². The molecule has 4 heteroatoms. The van der Waals surface area contributed by atoms with Crippen LogP contribution in [0.5, 0.6) is 0 Å². The summed E-state index contributed by atoms with van der Waals surface area (Å²) in [6.45, 7) is 0. The third-order valence-electron chi connectivity index (χ3n) is 3.09. The minimum atomic E-state index is -0.794. The van der Waals surface area contributed by atoms with Gasteiger partial charge in [0.2, 0.25) is 0 Å². The molecule has 2 saturated heterocycles. The van der Waals surface area contributed by atoms with Gasteiger partial charge in [0.15, 0.2) is 0 Å². The van der Waals surface area contributed by atoms with Crippen molar-refractivity contribution in [2.45, 2.75) is 43.8 Å². The first-order valence-corrected chi connectivity index (χ1v) is 4.47. The van der Waals surface area contributed by atoms with Gasteiger partial charge in [0, 0.05) is 12.1 Å². The molecule has 0 unspecified atom stereocenters. The van der Waals surface area contributed by atoms with E-state index < -0.39 is 6.09 Å². The first kappa shape index (κ1) is 7.86. The van der Waals surface area contributed by atoms with Gasteiger partial charge >= 0.3 is 6.09 Å². The van der Waals surface area contributed by atoms with Gasteiger partial charge in [0.25, 0.3) is 0 Å². The summed E-state index contributed by atoms with van der Waals surface area (Å²) in [4.78, 5) is 12.4. The van der Waals surface area contributed by atoms with Crippen molar-refractivity contribution in [3.05, 3.63) is 0 Å². The lowest BCUT2D eigenvalue weighted by Crippen LogP contribution is -2.53. The molecule has 68 valence electrons. The highest BCUT2D eigenvalue weighted by molar-refractivity contribution is 5.66. The number of rotatable bonds is 0. The third kappa shape index (κ3) is 0.982. The van der Waals surface area contributed by atoms with E-state index in [0.717, 1.165) is 25.7 Å². The van der Waals surface area contributed by atoms with Crippen molar-refractivity contribution >= 4 is 6.09 Å². The number of amides is 1. The Morgan fingerprint density at radius 3 is 2.58 bits per heavy atom. The Bertz CT molecular complexity index is 207. The van der Waals surface area contributed by atoms with Crippen LogP contribution in [0.2, 0.25) is 0 Å². The van der Waals surface area contributed by atoms with Gasteiger partial charge in [-0.05, 0) is 25.7 Å². The first-order chi connectivity index (χ1) is 5.70. The van der Waals surface area contributed by atoms with Crippen LogP contribution >= 0.6 is 0 Å². The van der Waals surface area contributed by atoms with E-state index in [4.69, 9.17) is 10.8 Å². The van der Waals surface area contributed by atoms with Crippen LogP contribution in [0.3, 0.4) is 0 Å². The van der Waals surface area contributed by atoms with Crippen molar-refractivity contribution in [2.75, 3.05) is 0 Å². The average Bonchev–Trinajstić information content (AvgIpc) is 2.35. The Morgan fingerprint density at radius 1 is 1.33 bits per heavy atom. The maximum absolute atomic E-state index is 10.8.